The van der Waals surface area contributed by atoms with E-state index in [2.05, 4.69) is 5.32 Å². The first kappa shape index (κ1) is 26.0. The lowest BCUT2D eigenvalue weighted by Crippen LogP contribution is -2.48. The number of carbonyl (C=O) groups is 2. The van der Waals surface area contributed by atoms with Crippen LogP contribution >= 0.6 is 0 Å². The topological polar surface area (TPSA) is 92.7 Å². The Labute approximate surface area is 206 Å². The summed E-state index contributed by atoms with van der Waals surface area (Å²) in [7, 11) is 4.79. The molecule has 1 N–H and O–H groups in total. The highest BCUT2D eigenvalue weighted by atomic mass is 16.5. The number of hydrogen-bond acceptors (Lipinski definition) is 6. The van der Waals surface area contributed by atoms with Crippen molar-refractivity contribution in [2.45, 2.75) is 32.4 Å². The largest absolute Gasteiger partial charge is 0.497 e. The number of nitrogens with one attached hydrogen (secondary N) is 1. The second kappa shape index (κ2) is 12.2. The molecule has 1 aliphatic heterocycles. The SMILES string of the molecule is COCCN(CC(=O)N1N=C(c2ccc(OC)cc2)C[C@@H]1c1ccc(OC)cc1)C(=O)NC(C)C. The Hall–Kier alpha value is -3.59. The molecule has 188 valence electrons. The van der Waals surface area contributed by atoms with Gasteiger partial charge in [-0.2, -0.15) is 5.10 Å². The van der Waals surface area contributed by atoms with E-state index in [1.165, 1.54) is 9.91 Å². The third-order valence-corrected chi connectivity index (χ3v) is 5.68. The fourth-order valence-corrected chi connectivity index (χ4v) is 3.81. The Morgan fingerprint density at radius 2 is 1.63 bits per heavy atom. The van der Waals surface area contributed by atoms with Gasteiger partial charge in [0.1, 0.15) is 18.0 Å². The second-order valence-corrected chi connectivity index (χ2v) is 8.53. The van der Waals surface area contributed by atoms with Crippen molar-refractivity contribution in [1.29, 1.82) is 0 Å². The molecule has 0 bridgehead atoms. The van der Waals surface area contributed by atoms with Crippen molar-refractivity contribution in [2.75, 3.05) is 41.0 Å². The van der Waals surface area contributed by atoms with E-state index < -0.39 is 0 Å². The number of carbonyl (C=O) groups excluding carboxylic acids is 2. The maximum atomic E-state index is 13.5. The minimum atomic E-state index is -0.315. The van der Waals surface area contributed by atoms with E-state index in [1.807, 2.05) is 62.4 Å². The minimum Gasteiger partial charge on any atom is -0.497 e. The highest BCUT2D eigenvalue weighted by Gasteiger charge is 2.34. The van der Waals surface area contributed by atoms with Crippen LogP contribution in [0.25, 0.3) is 0 Å². The van der Waals surface area contributed by atoms with E-state index in [0.717, 1.165) is 28.3 Å². The van der Waals surface area contributed by atoms with Gasteiger partial charge in [-0.05, 0) is 61.4 Å². The Kier molecular flexibility index (Phi) is 9.08. The molecule has 1 heterocycles. The number of rotatable bonds is 10. The summed E-state index contributed by atoms with van der Waals surface area (Å²) in [6, 6.07) is 14.5. The fraction of sp³-hybridized carbons (Fsp3) is 0.423. The number of urea groups is 1. The summed E-state index contributed by atoms with van der Waals surface area (Å²) in [5, 5.41) is 9.04. The summed E-state index contributed by atoms with van der Waals surface area (Å²) < 4.78 is 15.7. The van der Waals surface area contributed by atoms with Gasteiger partial charge in [0, 0.05) is 26.1 Å². The number of methoxy groups -OCH3 is 3. The normalized spacial score (nSPS) is 15.1. The second-order valence-electron chi connectivity index (χ2n) is 8.53. The lowest BCUT2D eigenvalue weighted by Gasteiger charge is -2.27. The predicted molar refractivity (Wildman–Crippen MR) is 134 cm³/mol. The maximum absolute atomic E-state index is 13.5. The number of amides is 3. The van der Waals surface area contributed by atoms with Gasteiger partial charge in [0.2, 0.25) is 0 Å². The monoisotopic (exact) mass is 482 g/mol. The molecule has 0 saturated carbocycles. The van der Waals surface area contributed by atoms with Crippen LogP contribution in [0.5, 0.6) is 11.5 Å². The number of hydrogen-bond donors (Lipinski definition) is 1. The van der Waals surface area contributed by atoms with Crippen LogP contribution in [0.3, 0.4) is 0 Å². The van der Waals surface area contributed by atoms with Crippen LogP contribution in [0.4, 0.5) is 4.79 Å². The smallest absolute Gasteiger partial charge is 0.318 e. The zero-order valence-corrected chi connectivity index (χ0v) is 21.0. The zero-order chi connectivity index (χ0) is 25.4. The maximum Gasteiger partial charge on any atom is 0.318 e. The molecule has 0 aliphatic carbocycles. The molecule has 1 aliphatic rings. The van der Waals surface area contributed by atoms with Crippen LogP contribution in [-0.2, 0) is 9.53 Å². The van der Waals surface area contributed by atoms with Gasteiger partial charge in [0.25, 0.3) is 5.91 Å². The van der Waals surface area contributed by atoms with Gasteiger partial charge < -0.3 is 24.4 Å². The quantitative estimate of drug-likeness (QED) is 0.560. The van der Waals surface area contributed by atoms with Gasteiger partial charge in [0.15, 0.2) is 0 Å². The summed E-state index contributed by atoms with van der Waals surface area (Å²) in [6.45, 7) is 4.24. The summed E-state index contributed by atoms with van der Waals surface area (Å²) in [5.41, 5.74) is 2.63. The molecule has 3 rings (SSSR count). The van der Waals surface area contributed by atoms with Crippen LogP contribution in [0.2, 0.25) is 0 Å². The highest BCUT2D eigenvalue weighted by Crippen LogP contribution is 2.34. The molecule has 3 amide bonds. The third kappa shape index (κ3) is 6.73. The lowest BCUT2D eigenvalue weighted by atomic mass is 9.98. The van der Waals surface area contributed by atoms with Crippen molar-refractivity contribution in [3.05, 3.63) is 59.7 Å². The first-order chi connectivity index (χ1) is 16.9. The van der Waals surface area contributed by atoms with E-state index in [4.69, 9.17) is 19.3 Å². The van der Waals surface area contributed by atoms with Gasteiger partial charge >= 0.3 is 6.03 Å². The number of ether oxygens (including phenoxy) is 3. The van der Waals surface area contributed by atoms with Crippen molar-refractivity contribution in [3.8, 4) is 11.5 Å². The molecule has 9 nitrogen and oxygen atoms in total. The molecular weight excluding hydrogens is 448 g/mol. The van der Waals surface area contributed by atoms with Crippen molar-refractivity contribution in [1.82, 2.24) is 15.2 Å². The molecule has 1 atom stereocenters. The van der Waals surface area contributed by atoms with E-state index in [-0.39, 0.29) is 37.1 Å². The van der Waals surface area contributed by atoms with Crippen LogP contribution in [0, 0.1) is 0 Å². The number of hydrazone groups is 1. The molecular formula is C26H34N4O5. The molecule has 0 saturated heterocycles. The van der Waals surface area contributed by atoms with Crippen molar-refractivity contribution in [3.63, 3.8) is 0 Å². The third-order valence-electron chi connectivity index (χ3n) is 5.68. The Morgan fingerprint density at radius 1 is 1.03 bits per heavy atom. The first-order valence-corrected chi connectivity index (χ1v) is 11.6. The van der Waals surface area contributed by atoms with Crippen LogP contribution in [0.1, 0.15) is 37.4 Å². The van der Waals surface area contributed by atoms with Crippen molar-refractivity contribution < 1.29 is 23.8 Å². The predicted octanol–water partition coefficient (Wildman–Crippen LogP) is 3.45. The van der Waals surface area contributed by atoms with Crippen LogP contribution in [0.15, 0.2) is 53.6 Å². The van der Waals surface area contributed by atoms with Gasteiger partial charge in [0.05, 0.1) is 32.6 Å². The van der Waals surface area contributed by atoms with Crippen molar-refractivity contribution in [2.24, 2.45) is 5.10 Å². The Bertz CT molecular complexity index is 1020. The summed E-state index contributed by atoms with van der Waals surface area (Å²) in [5.74, 6) is 1.21. The first-order valence-electron chi connectivity index (χ1n) is 11.6. The zero-order valence-electron chi connectivity index (χ0n) is 21.0. The van der Waals surface area contributed by atoms with Crippen LogP contribution < -0.4 is 14.8 Å². The fourth-order valence-electron chi connectivity index (χ4n) is 3.81. The lowest BCUT2D eigenvalue weighted by molar-refractivity contribution is -0.133. The Balaban J connectivity index is 1.88. The summed E-state index contributed by atoms with van der Waals surface area (Å²) >= 11 is 0. The molecule has 0 fully saturated rings. The Morgan fingerprint density at radius 3 is 2.17 bits per heavy atom. The van der Waals surface area contributed by atoms with Crippen LogP contribution in [-0.4, -0.2) is 74.6 Å². The average Bonchev–Trinajstić information content (AvgIpc) is 3.31. The molecule has 0 aromatic heterocycles. The minimum absolute atomic E-state index is 0.0545. The summed E-state index contributed by atoms with van der Waals surface area (Å²) in [6.07, 6.45) is 0.542. The van der Waals surface area contributed by atoms with Gasteiger partial charge in [-0.25, -0.2) is 9.80 Å². The van der Waals surface area contributed by atoms with Gasteiger partial charge in [-0.3, -0.25) is 4.79 Å². The number of nitrogens with zero attached hydrogens (tertiary/aromatic N) is 3. The van der Waals surface area contributed by atoms with Crippen molar-refractivity contribution >= 4 is 17.6 Å². The average molecular weight is 483 g/mol. The molecule has 9 heteroatoms. The highest BCUT2D eigenvalue weighted by molar-refractivity contribution is 6.03. The van der Waals surface area contributed by atoms with Gasteiger partial charge in [-0.1, -0.05) is 12.1 Å². The molecule has 0 unspecified atom stereocenters. The van der Waals surface area contributed by atoms with E-state index in [9.17, 15) is 9.59 Å². The van der Waals surface area contributed by atoms with E-state index in [0.29, 0.717) is 13.0 Å². The summed E-state index contributed by atoms with van der Waals surface area (Å²) in [4.78, 5) is 27.7. The van der Waals surface area contributed by atoms with E-state index in [1.54, 1.807) is 21.3 Å². The van der Waals surface area contributed by atoms with Gasteiger partial charge in [-0.15, -0.1) is 0 Å². The molecule has 0 radical (unpaired) electrons. The molecule has 2 aromatic carbocycles. The molecule has 2 aromatic rings. The standard InChI is InChI=1S/C26H34N4O5/c1-18(2)27-26(32)29(14-15-33-3)17-25(31)30-24(20-8-12-22(35-5)13-9-20)16-23(28-30)19-6-10-21(34-4)11-7-19/h6-13,18,24H,14-17H2,1-5H3,(H,27,32)/t24-/m1/s1. The molecule has 35 heavy (non-hydrogen) atoms. The van der Waals surface area contributed by atoms with E-state index >= 15 is 0 Å². The molecule has 0 spiro atoms. The number of benzene rings is 2.